The first-order valence-corrected chi connectivity index (χ1v) is 7.54. The zero-order valence-electron chi connectivity index (χ0n) is 11.7. The number of hydrogen-bond acceptors (Lipinski definition) is 3. The molecule has 0 spiro atoms. The van der Waals surface area contributed by atoms with Crippen molar-refractivity contribution in [1.82, 2.24) is 10.2 Å². The first-order chi connectivity index (χ1) is 9.69. The van der Waals surface area contributed by atoms with Crippen LogP contribution in [0.15, 0.2) is 18.2 Å². The number of benzene rings is 1. The third-order valence-electron chi connectivity index (χ3n) is 4.25. The molecule has 1 unspecified atom stereocenters. The Kier molecular flexibility index (Phi) is 3.85. The van der Waals surface area contributed by atoms with Crippen molar-refractivity contribution in [3.63, 3.8) is 0 Å². The van der Waals surface area contributed by atoms with Gasteiger partial charge in [0.25, 0.3) is 0 Å². The van der Waals surface area contributed by atoms with Crippen molar-refractivity contribution in [2.45, 2.75) is 25.4 Å². The van der Waals surface area contributed by atoms with Crippen LogP contribution >= 0.6 is 11.6 Å². The highest BCUT2D eigenvalue weighted by Crippen LogP contribution is 2.30. The van der Waals surface area contributed by atoms with Gasteiger partial charge < -0.3 is 15.1 Å². The molecule has 5 heteroatoms. The maximum Gasteiger partial charge on any atom is 0.223 e. The standard InChI is InChI=1S/C15H20ClN3O/c1-17-9-11-2-3-12(16)8-14(11)18-6-7-19-13(10-18)4-5-15(19)20/h2-3,8,13,17H,4-7,9-10H2,1H3. The van der Waals surface area contributed by atoms with Crippen LogP contribution in [0, 0.1) is 0 Å². The number of anilines is 1. The topological polar surface area (TPSA) is 35.6 Å². The first kappa shape index (κ1) is 13.7. The SMILES string of the molecule is CNCc1ccc(Cl)cc1N1CCN2C(=O)CCC2C1. The van der Waals surface area contributed by atoms with Gasteiger partial charge in [-0.25, -0.2) is 0 Å². The van der Waals surface area contributed by atoms with Gasteiger partial charge in [-0.2, -0.15) is 0 Å². The van der Waals surface area contributed by atoms with Crippen molar-refractivity contribution in [2.24, 2.45) is 0 Å². The molecule has 1 N–H and O–H groups in total. The largest absolute Gasteiger partial charge is 0.367 e. The molecule has 4 nitrogen and oxygen atoms in total. The summed E-state index contributed by atoms with van der Waals surface area (Å²) in [5.74, 6) is 0.316. The van der Waals surface area contributed by atoms with Gasteiger partial charge in [-0.1, -0.05) is 17.7 Å². The van der Waals surface area contributed by atoms with E-state index in [0.717, 1.165) is 37.6 Å². The van der Waals surface area contributed by atoms with Gasteiger partial charge in [0.15, 0.2) is 0 Å². The number of carbonyl (C=O) groups excluding carboxylic acids is 1. The van der Waals surface area contributed by atoms with Gasteiger partial charge in [0.2, 0.25) is 5.91 Å². The summed E-state index contributed by atoms with van der Waals surface area (Å²) < 4.78 is 0. The number of rotatable bonds is 3. The molecule has 3 rings (SSSR count). The molecule has 2 heterocycles. The van der Waals surface area contributed by atoms with Crippen LogP contribution in [0.2, 0.25) is 5.02 Å². The third-order valence-corrected chi connectivity index (χ3v) is 4.48. The number of amides is 1. The summed E-state index contributed by atoms with van der Waals surface area (Å²) in [6.07, 6.45) is 1.69. The Labute approximate surface area is 124 Å². The van der Waals surface area contributed by atoms with E-state index in [9.17, 15) is 4.79 Å². The maximum absolute atomic E-state index is 11.8. The Balaban J connectivity index is 1.83. The van der Waals surface area contributed by atoms with Gasteiger partial charge in [0.05, 0.1) is 0 Å². The summed E-state index contributed by atoms with van der Waals surface area (Å²) in [6, 6.07) is 6.44. The Hall–Kier alpha value is -1.26. The zero-order chi connectivity index (χ0) is 14.1. The number of fused-ring (bicyclic) bond motifs is 1. The molecule has 1 aromatic rings. The van der Waals surface area contributed by atoms with Crippen LogP contribution in [0.1, 0.15) is 18.4 Å². The second-order valence-electron chi connectivity index (χ2n) is 5.53. The predicted octanol–water partition coefficient (Wildman–Crippen LogP) is 1.87. The van der Waals surface area contributed by atoms with Crippen LogP contribution in [0.4, 0.5) is 5.69 Å². The fourth-order valence-corrected chi connectivity index (χ4v) is 3.42. The Morgan fingerprint density at radius 2 is 2.25 bits per heavy atom. The molecule has 0 radical (unpaired) electrons. The molecular formula is C15H20ClN3O. The molecule has 2 aliphatic heterocycles. The number of nitrogens with zero attached hydrogens (tertiary/aromatic N) is 2. The van der Waals surface area contributed by atoms with Crippen LogP contribution in [0.3, 0.4) is 0 Å². The molecule has 2 aliphatic rings. The highest BCUT2D eigenvalue weighted by Gasteiger charge is 2.35. The minimum atomic E-state index is 0.316. The maximum atomic E-state index is 11.8. The molecule has 108 valence electrons. The van der Waals surface area contributed by atoms with Crippen molar-refractivity contribution in [3.05, 3.63) is 28.8 Å². The second kappa shape index (κ2) is 5.62. The van der Waals surface area contributed by atoms with Gasteiger partial charge in [-0.3, -0.25) is 4.79 Å². The average Bonchev–Trinajstić information content (AvgIpc) is 2.82. The second-order valence-corrected chi connectivity index (χ2v) is 5.97. The van der Waals surface area contributed by atoms with Crippen molar-refractivity contribution < 1.29 is 4.79 Å². The van der Waals surface area contributed by atoms with E-state index in [1.54, 1.807) is 0 Å². The molecule has 0 saturated carbocycles. The van der Waals surface area contributed by atoms with E-state index in [1.165, 1.54) is 11.3 Å². The van der Waals surface area contributed by atoms with Crippen molar-refractivity contribution >= 4 is 23.2 Å². The molecular weight excluding hydrogens is 274 g/mol. The zero-order valence-corrected chi connectivity index (χ0v) is 12.5. The van der Waals surface area contributed by atoms with Crippen molar-refractivity contribution in [3.8, 4) is 0 Å². The molecule has 0 aliphatic carbocycles. The first-order valence-electron chi connectivity index (χ1n) is 7.16. The lowest BCUT2D eigenvalue weighted by Crippen LogP contribution is -2.51. The molecule has 2 fully saturated rings. The summed E-state index contributed by atoms with van der Waals surface area (Å²) in [5, 5.41) is 3.97. The van der Waals surface area contributed by atoms with E-state index >= 15 is 0 Å². The van der Waals surface area contributed by atoms with E-state index in [0.29, 0.717) is 18.4 Å². The quantitative estimate of drug-likeness (QED) is 0.924. The van der Waals surface area contributed by atoms with E-state index in [-0.39, 0.29) is 0 Å². The fraction of sp³-hybridized carbons (Fsp3) is 0.533. The normalized spacial score (nSPS) is 22.3. The van der Waals surface area contributed by atoms with Crippen molar-refractivity contribution in [1.29, 1.82) is 0 Å². The number of piperazine rings is 1. The number of nitrogens with one attached hydrogen (secondary N) is 1. The van der Waals surface area contributed by atoms with E-state index in [2.05, 4.69) is 16.3 Å². The molecule has 1 aromatic carbocycles. The number of carbonyl (C=O) groups is 1. The van der Waals surface area contributed by atoms with E-state index in [4.69, 9.17) is 11.6 Å². The molecule has 0 bridgehead atoms. The highest BCUT2D eigenvalue weighted by molar-refractivity contribution is 6.30. The summed E-state index contributed by atoms with van der Waals surface area (Å²) in [7, 11) is 1.95. The van der Waals surface area contributed by atoms with Crippen LogP contribution < -0.4 is 10.2 Å². The lowest BCUT2D eigenvalue weighted by molar-refractivity contribution is -0.129. The molecule has 20 heavy (non-hydrogen) atoms. The lowest BCUT2D eigenvalue weighted by atomic mass is 10.1. The minimum Gasteiger partial charge on any atom is -0.367 e. The van der Waals surface area contributed by atoms with Crippen LogP contribution in [-0.4, -0.2) is 43.5 Å². The van der Waals surface area contributed by atoms with Gasteiger partial charge in [0, 0.05) is 49.4 Å². The van der Waals surface area contributed by atoms with E-state index in [1.807, 2.05) is 24.1 Å². The monoisotopic (exact) mass is 293 g/mol. The number of halogens is 1. The summed E-state index contributed by atoms with van der Waals surface area (Å²) in [4.78, 5) is 16.2. The lowest BCUT2D eigenvalue weighted by Gasteiger charge is -2.39. The van der Waals surface area contributed by atoms with E-state index < -0.39 is 0 Å². The Morgan fingerprint density at radius 3 is 3.05 bits per heavy atom. The summed E-state index contributed by atoms with van der Waals surface area (Å²) in [6.45, 7) is 3.47. The average molecular weight is 294 g/mol. The molecule has 2 saturated heterocycles. The van der Waals surface area contributed by atoms with Gasteiger partial charge in [-0.15, -0.1) is 0 Å². The molecule has 1 amide bonds. The van der Waals surface area contributed by atoms with Gasteiger partial charge in [-0.05, 0) is 31.2 Å². The predicted molar refractivity (Wildman–Crippen MR) is 81.2 cm³/mol. The van der Waals surface area contributed by atoms with Gasteiger partial charge in [0.1, 0.15) is 0 Å². The molecule has 0 aromatic heterocycles. The van der Waals surface area contributed by atoms with Crippen LogP contribution in [-0.2, 0) is 11.3 Å². The fourth-order valence-electron chi connectivity index (χ4n) is 3.25. The summed E-state index contributed by atoms with van der Waals surface area (Å²) >= 11 is 6.16. The number of hydrogen-bond donors (Lipinski definition) is 1. The Morgan fingerprint density at radius 1 is 1.40 bits per heavy atom. The Bertz CT molecular complexity index is 520. The van der Waals surface area contributed by atoms with Gasteiger partial charge >= 0.3 is 0 Å². The van der Waals surface area contributed by atoms with Crippen LogP contribution in [0.5, 0.6) is 0 Å². The molecule has 1 atom stereocenters. The van der Waals surface area contributed by atoms with Crippen molar-refractivity contribution in [2.75, 3.05) is 31.6 Å². The minimum absolute atomic E-state index is 0.316. The third kappa shape index (κ3) is 2.50. The smallest absolute Gasteiger partial charge is 0.223 e. The summed E-state index contributed by atoms with van der Waals surface area (Å²) in [5.41, 5.74) is 2.46. The van der Waals surface area contributed by atoms with Crippen LogP contribution in [0.25, 0.3) is 0 Å². The highest BCUT2D eigenvalue weighted by atomic mass is 35.5.